The van der Waals surface area contributed by atoms with Crippen LogP contribution in [0, 0.1) is 25.2 Å². The molecule has 130 valence electrons. The maximum Gasteiger partial charge on any atom is 0.267 e. The molecule has 0 aliphatic carbocycles. The maximum absolute atomic E-state index is 12.3. The van der Waals surface area contributed by atoms with Crippen LogP contribution in [0.5, 0.6) is 11.5 Å². The van der Waals surface area contributed by atoms with Crippen molar-refractivity contribution in [1.82, 2.24) is 4.98 Å². The molecule has 0 saturated carbocycles. The lowest BCUT2D eigenvalue weighted by Gasteiger charge is -2.11. The van der Waals surface area contributed by atoms with Crippen LogP contribution < -0.4 is 20.1 Å². The van der Waals surface area contributed by atoms with Crippen molar-refractivity contribution in [2.75, 3.05) is 24.9 Å². The number of anilines is 2. The minimum Gasteiger partial charge on any atom is -0.497 e. The van der Waals surface area contributed by atoms with Gasteiger partial charge in [0.1, 0.15) is 23.1 Å². The molecular formula is C17H18N4O3S. The summed E-state index contributed by atoms with van der Waals surface area (Å²) >= 11 is 1.45. The van der Waals surface area contributed by atoms with Crippen LogP contribution in [0.4, 0.5) is 10.8 Å². The van der Waals surface area contributed by atoms with E-state index in [1.165, 1.54) is 31.8 Å². The van der Waals surface area contributed by atoms with Gasteiger partial charge in [-0.25, -0.2) is 4.98 Å². The summed E-state index contributed by atoms with van der Waals surface area (Å²) in [5.41, 5.74) is 1.23. The number of nitrogens with zero attached hydrogens (tertiary/aromatic N) is 2. The van der Waals surface area contributed by atoms with Crippen LogP contribution in [0.25, 0.3) is 0 Å². The Labute approximate surface area is 149 Å². The molecule has 0 spiro atoms. The average molecular weight is 358 g/mol. The smallest absolute Gasteiger partial charge is 0.267 e. The van der Waals surface area contributed by atoms with Gasteiger partial charge in [0.15, 0.2) is 5.13 Å². The minimum absolute atomic E-state index is 0.0876. The Bertz CT molecular complexity index is 833. The first kappa shape index (κ1) is 18.3. The summed E-state index contributed by atoms with van der Waals surface area (Å²) in [7, 11) is 3.02. The first-order valence-electron chi connectivity index (χ1n) is 7.32. The molecular weight excluding hydrogens is 340 g/mol. The van der Waals surface area contributed by atoms with Gasteiger partial charge in [0.2, 0.25) is 0 Å². The van der Waals surface area contributed by atoms with E-state index >= 15 is 0 Å². The van der Waals surface area contributed by atoms with Crippen LogP contribution in [-0.2, 0) is 4.79 Å². The number of hydrogen-bond acceptors (Lipinski definition) is 7. The fourth-order valence-electron chi connectivity index (χ4n) is 1.92. The Morgan fingerprint density at radius 2 is 2.08 bits per heavy atom. The quantitative estimate of drug-likeness (QED) is 0.608. The van der Waals surface area contributed by atoms with Crippen LogP contribution >= 0.6 is 11.3 Å². The molecule has 0 bridgehead atoms. The zero-order valence-corrected chi connectivity index (χ0v) is 15.2. The third-order valence-corrected chi connectivity index (χ3v) is 4.39. The molecule has 0 unspecified atom stereocenters. The Balaban J connectivity index is 2.17. The van der Waals surface area contributed by atoms with E-state index in [0.29, 0.717) is 22.3 Å². The highest BCUT2D eigenvalue weighted by atomic mass is 32.1. The van der Waals surface area contributed by atoms with Crippen molar-refractivity contribution in [3.05, 3.63) is 40.5 Å². The predicted molar refractivity (Wildman–Crippen MR) is 97.1 cm³/mol. The number of methoxy groups -OCH3 is 2. The summed E-state index contributed by atoms with van der Waals surface area (Å²) in [4.78, 5) is 17.7. The van der Waals surface area contributed by atoms with E-state index in [1.807, 2.05) is 19.9 Å². The Kier molecular flexibility index (Phi) is 5.98. The third-order valence-electron chi connectivity index (χ3n) is 3.39. The molecule has 0 fully saturated rings. The summed E-state index contributed by atoms with van der Waals surface area (Å²) in [5, 5.41) is 15.4. The molecule has 0 aliphatic heterocycles. The second-order valence-corrected chi connectivity index (χ2v) is 6.20. The van der Waals surface area contributed by atoms with Gasteiger partial charge in [-0.2, -0.15) is 5.26 Å². The van der Waals surface area contributed by atoms with Gasteiger partial charge in [0, 0.05) is 17.1 Å². The molecule has 0 aliphatic rings. The lowest BCUT2D eigenvalue weighted by atomic mass is 10.2. The second kappa shape index (κ2) is 8.17. The molecule has 1 amide bonds. The Morgan fingerprint density at radius 3 is 2.64 bits per heavy atom. The number of aryl methyl sites for hydroxylation is 2. The van der Waals surface area contributed by atoms with E-state index in [-0.39, 0.29) is 5.57 Å². The third kappa shape index (κ3) is 4.49. The highest BCUT2D eigenvalue weighted by Crippen LogP contribution is 2.29. The lowest BCUT2D eigenvalue weighted by molar-refractivity contribution is -0.112. The molecule has 8 heteroatoms. The van der Waals surface area contributed by atoms with Crippen LogP contribution in [0.15, 0.2) is 30.0 Å². The van der Waals surface area contributed by atoms with Crippen molar-refractivity contribution in [2.24, 2.45) is 0 Å². The fourth-order valence-corrected chi connectivity index (χ4v) is 2.70. The highest BCUT2D eigenvalue weighted by molar-refractivity contribution is 7.15. The number of thiazole rings is 1. The molecule has 2 aromatic rings. The summed E-state index contributed by atoms with van der Waals surface area (Å²) in [6.07, 6.45) is 1.33. The van der Waals surface area contributed by atoms with Crippen molar-refractivity contribution in [3.8, 4) is 17.6 Å². The molecule has 25 heavy (non-hydrogen) atoms. The topological polar surface area (TPSA) is 96.3 Å². The number of hydrogen-bond donors (Lipinski definition) is 2. The van der Waals surface area contributed by atoms with Crippen LogP contribution in [0.2, 0.25) is 0 Å². The van der Waals surface area contributed by atoms with Gasteiger partial charge >= 0.3 is 0 Å². The number of carbonyl (C=O) groups is 1. The van der Waals surface area contributed by atoms with E-state index < -0.39 is 5.91 Å². The van der Waals surface area contributed by atoms with Gasteiger partial charge in [-0.1, -0.05) is 0 Å². The van der Waals surface area contributed by atoms with E-state index in [2.05, 4.69) is 15.6 Å². The normalized spacial score (nSPS) is 10.8. The number of ether oxygens (including phenoxy) is 2. The molecule has 0 atom stereocenters. The number of nitrogens with one attached hydrogen (secondary N) is 2. The summed E-state index contributed by atoms with van der Waals surface area (Å²) in [6, 6.07) is 6.87. The number of amides is 1. The van der Waals surface area contributed by atoms with Crippen LogP contribution in [0.3, 0.4) is 0 Å². The van der Waals surface area contributed by atoms with Crippen LogP contribution in [-0.4, -0.2) is 25.1 Å². The molecule has 2 N–H and O–H groups in total. The van der Waals surface area contributed by atoms with Crippen molar-refractivity contribution in [1.29, 1.82) is 5.26 Å². The SMILES string of the molecule is COc1ccc(OC)c(NC(=O)/C(C#N)=C\Nc2nc(C)c(C)s2)c1. The van der Waals surface area contributed by atoms with Gasteiger partial charge in [0.25, 0.3) is 5.91 Å². The van der Waals surface area contributed by atoms with Gasteiger partial charge in [0.05, 0.1) is 25.6 Å². The Morgan fingerprint density at radius 1 is 1.32 bits per heavy atom. The molecule has 1 heterocycles. The van der Waals surface area contributed by atoms with Crippen molar-refractivity contribution in [3.63, 3.8) is 0 Å². The predicted octanol–water partition coefficient (Wildman–Crippen LogP) is 3.24. The minimum atomic E-state index is -0.563. The molecule has 1 aromatic heterocycles. The van der Waals surface area contributed by atoms with E-state index in [4.69, 9.17) is 9.47 Å². The molecule has 1 aromatic carbocycles. The van der Waals surface area contributed by atoms with E-state index in [0.717, 1.165) is 10.6 Å². The zero-order valence-electron chi connectivity index (χ0n) is 14.3. The average Bonchev–Trinajstić information content (AvgIpc) is 2.93. The van der Waals surface area contributed by atoms with Crippen molar-refractivity contribution >= 4 is 28.1 Å². The summed E-state index contributed by atoms with van der Waals surface area (Å²) in [5.74, 6) is 0.461. The largest absolute Gasteiger partial charge is 0.497 e. The van der Waals surface area contributed by atoms with Crippen LogP contribution in [0.1, 0.15) is 10.6 Å². The van der Waals surface area contributed by atoms with Crippen molar-refractivity contribution < 1.29 is 14.3 Å². The zero-order chi connectivity index (χ0) is 18.4. The van der Waals surface area contributed by atoms with Gasteiger partial charge < -0.3 is 20.1 Å². The molecule has 2 rings (SSSR count). The standard InChI is InChI=1S/C17H18N4O3S/c1-10-11(2)25-17(20-10)19-9-12(8-18)16(22)21-14-7-13(23-3)5-6-15(14)24-4/h5-7,9H,1-4H3,(H,19,20)(H,21,22)/b12-9-. The monoisotopic (exact) mass is 358 g/mol. The molecule has 0 radical (unpaired) electrons. The van der Waals surface area contributed by atoms with Gasteiger partial charge in [-0.05, 0) is 26.0 Å². The first-order valence-corrected chi connectivity index (χ1v) is 8.14. The molecule has 7 nitrogen and oxygen atoms in total. The number of aromatic nitrogens is 1. The number of rotatable bonds is 6. The van der Waals surface area contributed by atoms with Gasteiger partial charge in [-0.15, -0.1) is 11.3 Å². The molecule has 0 saturated heterocycles. The second-order valence-electron chi connectivity index (χ2n) is 5.00. The van der Waals surface area contributed by atoms with Gasteiger partial charge in [-0.3, -0.25) is 4.79 Å². The summed E-state index contributed by atoms with van der Waals surface area (Å²) < 4.78 is 10.3. The number of carbonyl (C=O) groups excluding carboxylic acids is 1. The first-order chi connectivity index (χ1) is 12.0. The summed E-state index contributed by atoms with van der Waals surface area (Å²) in [6.45, 7) is 3.85. The number of nitriles is 1. The Hall–Kier alpha value is -3.05. The lowest BCUT2D eigenvalue weighted by Crippen LogP contribution is -2.15. The number of benzene rings is 1. The highest BCUT2D eigenvalue weighted by Gasteiger charge is 2.13. The van der Waals surface area contributed by atoms with Crippen molar-refractivity contribution in [2.45, 2.75) is 13.8 Å². The maximum atomic E-state index is 12.3. The van der Waals surface area contributed by atoms with E-state index in [1.54, 1.807) is 18.2 Å². The fraction of sp³-hybridized carbons (Fsp3) is 0.235. The van der Waals surface area contributed by atoms with E-state index in [9.17, 15) is 10.1 Å².